The topological polar surface area (TPSA) is 12.0 Å². The molecule has 1 aliphatic heterocycles. The van der Waals surface area contributed by atoms with Crippen LogP contribution in [-0.2, 0) is 0 Å². The van der Waals surface area contributed by atoms with Crippen LogP contribution >= 0.6 is 11.6 Å². The fourth-order valence-corrected chi connectivity index (χ4v) is 1.96. The third-order valence-corrected chi connectivity index (χ3v) is 2.78. The Morgan fingerprint density at radius 1 is 1.12 bits per heavy atom. The number of anilines is 1. The Kier molecular flexibility index (Phi) is 2.97. The fraction of sp³-hybridized carbons (Fsp3) is 0. The zero-order valence-electron chi connectivity index (χ0n) is 8.83. The maximum absolute atomic E-state index is 6.23. The number of halogens is 1. The van der Waals surface area contributed by atoms with E-state index in [1.807, 2.05) is 30.3 Å². The van der Waals surface area contributed by atoms with Crippen LogP contribution < -0.4 is 5.32 Å². The predicted molar refractivity (Wildman–Crippen MR) is 71.3 cm³/mol. The average molecular weight is 230 g/mol. The number of hydrogen-bond donors (Lipinski definition) is 1. The molecule has 0 aromatic heterocycles. The SMILES string of the molecule is C=CC1=C(C=C)C(Cl)=Cc2ccccc2N1. The van der Waals surface area contributed by atoms with E-state index in [2.05, 4.69) is 18.5 Å². The molecule has 80 valence electrons. The van der Waals surface area contributed by atoms with Crippen LogP contribution in [0.4, 0.5) is 5.69 Å². The Morgan fingerprint density at radius 2 is 1.88 bits per heavy atom. The highest BCUT2D eigenvalue weighted by Crippen LogP contribution is 2.31. The third kappa shape index (κ3) is 1.82. The predicted octanol–water partition coefficient (Wildman–Crippen LogP) is 4.32. The van der Waals surface area contributed by atoms with Crippen LogP contribution in [0, 0.1) is 0 Å². The van der Waals surface area contributed by atoms with Gasteiger partial charge in [-0.1, -0.05) is 49.0 Å². The molecule has 0 unspecified atom stereocenters. The van der Waals surface area contributed by atoms with Crippen molar-refractivity contribution in [3.8, 4) is 0 Å². The van der Waals surface area contributed by atoms with Gasteiger partial charge in [-0.05, 0) is 23.8 Å². The van der Waals surface area contributed by atoms with E-state index in [1.165, 1.54) is 0 Å². The van der Waals surface area contributed by atoms with E-state index >= 15 is 0 Å². The number of hydrogen-bond acceptors (Lipinski definition) is 1. The minimum atomic E-state index is 0.669. The highest BCUT2D eigenvalue weighted by atomic mass is 35.5. The van der Waals surface area contributed by atoms with Crippen LogP contribution in [0.25, 0.3) is 6.08 Å². The van der Waals surface area contributed by atoms with Gasteiger partial charge >= 0.3 is 0 Å². The number of benzene rings is 1. The first-order valence-corrected chi connectivity index (χ1v) is 5.37. The summed E-state index contributed by atoms with van der Waals surface area (Å²) in [6, 6.07) is 7.98. The minimum absolute atomic E-state index is 0.669. The molecule has 0 fully saturated rings. The number of nitrogens with one attached hydrogen (secondary N) is 1. The first-order chi connectivity index (χ1) is 7.76. The molecule has 0 saturated carbocycles. The molecule has 1 N–H and O–H groups in total. The van der Waals surface area contributed by atoms with Crippen LogP contribution in [-0.4, -0.2) is 0 Å². The Hall–Kier alpha value is -1.73. The highest BCUT2D eigenvalue weighted by Gasteiger charge is 2.11. The zero-order valence-corrected chi connectivity index (χ0v) is 9.59. The van der Waals surface area contributed by atoms with Gasteiger partial charge in [0.2, 0.25) is 0 Å². The van der Waals surface area contributed by atoms with Crippen LogP contribution in [0.15, 0.2) is 65.9 Å². The fourth-order valence-electron chi connectivity index (χ4n) is 1.66. The number of allylic oxidation sites excluding steroid dienone is 4. The molecule has 0 bridgehead atoms. The molecule has 1 aliphatic rings. The summed E-state index contributed by atoms with van der Waals surface area (Å²) in [5, 5.41) is 3.96. The third-order valence-electron chi connectivity index (χ3n) is 2.47. The molecule has 1 aromatic carbocycles. The summed E-state index contributed by atoms with van der Waals surface area (Å²) in [6.45, 7) is 7.54. The van der Waals surface area contributed by atoms with E-state index in [0.717, 1.165) is 22.5 Å². The highest BCUT2D eigenvalue weighted by molar-refractivity contribution is 6.34. The summed E-state index contributed by atoms with van der Waals surface area (Å²) < 4.78 is 0. The summed E-state index contributed by atoms with van der Waals surface area (Å²) in [4.78, 5) is 0. The van der Waals surface area contributed by atoms with Gasteiger partial charge in [-0.3, -0.25) is 0 Å². The largest absolute Gasteiger partial charge is 0.355 e. The standard InChI is InChI=1S/C14H12ClN/c1-3-11-12(15)9-10-7-5-6-8-14(10)16-13(11)4-2/h3-9,16H,1-2H2. The second-order valence-corrected chi connectivity index (χ2v) is 3.85. The molecule has 2 rings (SSSR count). The van der Waals surface area contributed by atoms with E-state index in [-0.39, 0.29) is 0 Å². The lowest BCUT2D eigenvalue weighted by atomic mass is 10.1. The molecular formula is C14H12ClN. The molecule has 16 heavy (non-hydrogen) atoms. The Labute approximate surface area is 100 Å². The lowest BCUT2D eigenvalue weighted by Gasteiger charge is -2.09. The van der Waals surface area contributed by atoms with Crippen molar-refractivity contribution in [1.82, 2.24) is 0 Å². The van der Waals surface area contributed by atoms with E-state index in [9.17, 15) is 0 Å². The summed E-state index contributed by atoms with van der Waals surface area (Å²) in [6.07, 6.45) is 5.40. The van der Waals surface area contributed by atoms with Crippen molar-refractivity contribution >= 4 is 23.4 Å². The Morgan fingerprint density at radius 3 is 2.56 bits per heavy atom. The Bertz CT molecular complexity index is 509. The Balaban J connectivity index is 2.63. The zero-order chi connectivity index (χ0) is 11.5. The van der Waals surface area contributed by atoms with Gasteiger partial charge in [0, 0.05) is 17.0 Å². The van der Waals surface area contributed by atoms with E-state index in [1.54, 1.807) is 12.2 Å². The van der Waals surface area contributed by atoms with Gasteiger partial charge in [-0.25, -0.2) is 0 Å². The van der Waals surface area contributed by atoms with Gasteiger partial charge in [-0.2, -0.15) is 0 Å². The van der Waals surface area contributed by atoms with Crippen molar-refractivity contribution in [2.45, 2.75) is 0 Å². The smallest absolute Gasteiger partial charge is 0.0505 e. The van der Waals surface area contributed by atoms with Crippen molar-refractivity contribution in [3.63, 3.8) is 0 Å². The molecular weight excluding hydrogens is 218 g/mol. The lowest BCUT2D eigenvalue weighted by molar-refractivity contribution is 1.44. The molecule has 0 spiro atoms. The van der Waals surface area contributed by atoms with Crippen LogP contribution in [0.5, 0.6) is 0 Å². The normalized spacial score (nSPS) is 14.4. The molecule has 2 heteroatoms. The van der Waals surface area contributed by atoms with E-state index < -0.39 is 0 Å². The van der Waals surface area contributed by atoms with Crippen molar-refractivity contribution in [3.05, 3.63) is 71.4 Å². The van der Waals surface area contributed by atoms with Crippen LogP contribution in [0.3, 0.4) is 0 Å². The maximum Gasteiger partial charge on any atom is 0.0505 e. The van der Waals surface area contributed by atoms with Gasteiger partial charge in [-0.15, -0.1) is 0 Å². The van der Waals surface area contributed by atoms with Crippen LogP contribution in [0.1, 0.15) is 5.56 Å². The van der Waals surface area contributed by atoms with Crippen molar-refractivity contribution in [2.75, 3.05) is 5.32 Å². The molecule has 1 aromatic rings. The number of rotatable bonds is 2. The molecule has 0 amide bonds. The summed E-state index contributed by atoms with van der Waals surface area (Å²) >= 11 is 6.23. The minimum Gasteiger partial charge on any atom is -0.355 e. The first kappa shape index (κ1) is 10.8. The second kappa shape index (κ2) is 4.42. The van der Waals surface area contributed by atoms with Gasteiger partial charge < -0.3 is 5.32 Å². The van der Waals surface area contributed by atoms with Crippen molar-refractivity contribution in [2.24, 2.45) is 0 Å². The van der Waals surface area contributed by atoms with Gasteiger partial charge in [0.25, 0.3) is 0 Å². The maximum atomic E-state index is 6.23. The first-order valence-electron chi connectivity index (χ1n) is 4.99. The molecule has 0 aliphatic carbocycles. The molecule has 0 radical (unpaired) electrons. The monoisotopic (exact) mass is 229 g/mol. The van der Waals surface area contributed by atoms with Gasteiger partial charge in [0.1, 0.15) is 0 Å². The van der Waals surface area contributed by atoms with Crippen LogP contribution in [0.2, 0.25) is 0 Å². The lowest BCUT2D eigenvalue weighted by Crippen LogP contribution is -1.99. The average Bonchev–Trinajstić information content (AvgIpc) is 2.44. The molecule has 1 nitrogen and oxygen atoms in total. The van der Waals surface area contributed by atoms with E-state index in [0.29, 0.717) is 5.03 Å². The number of para-hydroxylation sites is 1. The van der Waals surface area contributed by atoms with Gasteiger partial charge in [0.15, 0.2) is 0 Å². The van der Waals surface area contributed by atoms with Crippen molar-refractivity contribution < 1.29 is 0 Å². The quantitative estimate of drug-likeness (QED) is 0.797. The molecule has 1 heterocycles. The van der Waals surface area contributed by atoms with E-state index in [4.69, 9.17) is 11.6 Å². The van der Waals surface area contributed by atoms with Gasteiger partial charge in [0.05, 0.1) is 5.03 Å². The summed E-state index contributed by atoms with van der Waals surface area (Å²) in [7, 11) is 0. The summed E-state index contributed by atoms with van der Waals surface area (Å²) in [5.41, 5.74) is 3.82. The number of fused-ring (bicyclic) bond motifs is 1. The molecule has 0 saturated heterocycles. The second-order valence-electron chi connectivity index (χ2n) is 3.44. The summed E-state index contributed by atoms with van der Waals surface area (Å²) in [5.74, 6) is 0. The van der Waals surface area contributed by atoms with Crippen molar-refractivity contribution in [1.29, 1.82) is 0 Å². The molecule has 0 atom stereocenters.